The molecule has 0 radical (unpaired) electrons. The Labute approximate surface area is 114 Å². The highest BCUT2D eigenvalue weighted by atomic mass is 35.5. The van der Waals surface area contributed by atoms with Crippen molar-refractivity contribution in [1.29, 1.82) is 0 Å². The van der Waals surface area contributed by atoms with E-state index in [1.165, 1.54) is 12.1 Å². The minimum Gasteiger partial charge on any atom is -0.437 e. The number of H-pyrrole nitrogens is 1. The van der Waals surface area contributed by atoms with Gasteiger partial charge in [0.15, 0.2) is 5.02 Å². The Morgan fingerprint density at radius 1 is 1.15 bits per heavy atom. The van der Waals surface area contributed by atoms with Gasteiger partial charge in [-0.05, 0) is 24.3 Å². The van der Waals surface area contributed by atoms with Crippen molar-refractivity contribution in [3.8, 4) is 17.4 Å². The monoisotopic (exact) mass is 306 g/mol. The van der Waals surface area contributed by atoms with Crippen LogP contribution in [0, 0.1) is 0 Å². The summed E-state index contributed by atoms with van der Waals surface area (Å²) < 4.78 is 44.8. The van der Waals surface area contributed by atoms with E-state index in [0.717, 1.165) is 18.5 Å². The van der Waals surface area contributed by atoms with Gasteiger partial charge in [0.05, 0.1) is 6.33 Å². The van der Waals surface area contributed by atoms with Crippen LogP contribution in [0.1, 0.15) is 0 Å². The normalized spacial score (nSPS) is 11.2. The van der Waals surface area contributed by atoms with Crippen LogP contribution in [-0.4, -0.2) is 16.3 Å². The van der Waals surface area contributed by atoms with Crippen LogP contribution in [0.5, 0.6) is 17.4 Å². The fourth-order valence-electron chi connectivity index (χ4n) is 1.26. The lowest BCUT2D eigenvalue weighted by molar-refractivity contribution is -0.274. The average Bonchev–Trinajstić information content (AvgIpc) is 2.35. The van der Waals surface area contributed by atoms with Crippen LogP contribution in [0.3, 0.4) is 0 Å². The van der Waals surface area contributed by atoms with Gasteiger partial charge in [0.25, 0.3) is 5.56 Å². The number of halogens is 4. The van der Waals surface area contributed by atoms with Crippen molar-refractivity contribution in [1.82, 2.24) is 9.97 Å². The molecule has 1 aromatic heterocycles. The van der Waals surface area contributed by atoms with Crippen molar-refractivity contribution < 1.29 is 22.6 Å². The van der Waals surface area contributed by atoms with Crippen LogP contribution in [0.4, 0.5) is 13.2 Å². The first-order chi connectivity index (χ1) is 9.35. The summed E-state index contributed by atoms with van der Waals surface area (Å²) in [5.74, 6) is -0.394. The lowest BCUT2D eigenvalue weighted by atomic mass is 10.3. The number of rotatable bonds is 3. The number of alkyl halides is 3. The fourth-order valence-corrected chi connectivity index (χ4v) is 1.40. The Hall–Kier alpha value is -2.22. The first-order valence-electron chi connectivity index (χ1n) is 5.12. The molecule has 0 unspecified atom stereocenters. The number of nitrogens with zero attached hydrogens (tertiary/aromatic N) is 1. The van der Waals surface area contributed by atoms with Crippen LogP contribution < -0.4 is 15.0 Å². The zero-order chi connectivity index (χ0) is 14.8. The lowest BCUT2D eigenvalue weighted by Gasteiger charge is -2.09. The van der Waals surface area contributed by atoms with E-state index in [1.807, 2.05) is 0 Å². The molecule has 0 atom stereocenters. The number of nitrogens with one attached hydrogen (secondary N) is 1. The smallest absolute Gasteiger partial charge is 0.437 e. The minimum absolute atomic E-state index is 0.152. The summed E-state index contributed by atoms with van der Waals surface area (Å²) in [5.41, 5.74) is -0.589. The molecule has 0 saturated carbocycles. The Bertz CT molecular complexity index is 655. The number of ether oxygens (including phenoxy) is 2. The molecule has 20 heavy (non-hydrogen) atoms. The van der Waals surface area contributed by atoms with E-state index >= 15 is 0 Å². The fraction of sp³-hybridized carbons (Fsp3) is 0.0909. The average molecular weight is 307 g/mol. The van der Waals surface area contributed by atoms with Gasteiger partial charge in [0, 0.05) is 0 Å². The molecule has 5 nitrogen and oxygen atoms in total. The van der Waals surface area contributed by atoms with Crippen LogP contribution in [0.2, 0.25) is 5.02 Å². The second kappa shape index (κ2) is 5.41. The predicted octanol–water partition coefficient (Wildman–Crippen LogP) is 3.11. The number of benzene rings is 1. The zero-order valence-corrected chi connectivity index (χ0v) is 10.3. The van der Waals surface area contributed by atoms with E-state index in [2.05, 4.69) is 14.7 Å². The van der Waals surface area contributed by atoms with Crippen molar-refractivity contribution in [3.05, 3.63) is 46.0 Å². The van der Waals surface area contributed by atoms with Gasteiger partial charge < -0.3 is 14.5 Å². The molecule has 1 N–H and O–H groups in total. The lowest BCUT2D eigenvalue weighted by Crippen LogP contribution is -2.16. The molecule has 2 aromatic rings. The summed E-state index contributed by atoms with van der Waals surface area (Å²) >= 11 is 5.66. The molecule has 0 fully saturated rings. The third kappa shape index (κ3) is 3.64. The summed E-state index contributed by atoms with van der Waals surface area (Å²) in [6.45, 7) is 0. The van der Waals surface area contributed by atoms with E-state index < -0.39 is 17.7 Å². The van der Waals surface area contributed by atoms with Gasteiger partial charge >= 0.3 is 6.36 Å². The molecule has 0 aliphatic carbocycles. The molecule has 0 saturated heterocycles. The quantitative estimate of drug-likeness (QED) is 0.946. The largest absolute Gasteiger partial charge is 0.573 e. The van der Waals surface area contributed by atoms with Gasteiger partial charge in [0.2, 0.25) is 5.88 Å². The molecule has 0 spiro atoms. The number of aromatic amines is 1. The number of hydrogen-bond acceptors (Lipinski definition) is 4. The van der Waals surface area contributed by atoms with Crippen molar-refractivity contribution in [3.63, 3.8) is 0 Å². The summed E-state index contributed by atoms with van der Waals surface area (Å²) in [4.78, 5) is 17.1. The van der Waals surface area contributed by atoms with Crippen molar-refractivity contribution in [2.75, 3.05) is 0 Å². The van der Waals surface area contributed by atoms with Crippen molar-refractivity contribution in [2.45, 2.75) is 6.36 Å². The molecule has 1 heterocycles. The van der Waals surface area contributed by atoms with E-state index in [0.29, 0.717) is 0 Å². The topological polar surface area (TPSA) is 64.2 Å². The van der Waals surface area contributed by atoms with Gasteiger partial charge in [0.1, 0.15) is 11.5 Å². The van der Waals surface area contributed by atoms with Gasteiger partial charge in [-0.3, -0.25) is 4.79 Å². The first-order valence-corrected chi connectivity index (χ1v) is 5.50. The standard InChI is InChI=1S/C11H6ClF3N2O3/c12-8-9(18)16-5-17-10(8)19-6-1-3-7(4-2-6)20-11(13,14)15/h1-5H,(H,16,17,18). The second-order valence-electron chi connectivity index (χ2n) is 3.47. The number of hydrogen-bond donors (Lipinski definition) is 1. The molecule has 0 amide bonds. The van der Waals surface area contributed by atoms with E-state index in [9.17, 15) is 18.0 Å². The maximum absolute atomic E-state index is 12.0. The van der Waals surface area contributed by atoms with Crippen molar-refractivity contribution >= 4 is 11.6 Å². The summed E-state index contributed by atoms with van der Waals surface area (Å²) in [6, 6.07) is 4.56. The summed E-state index contributed by atoms with van der Waals surface area (Å²) in [6.07, 6.45) is -3.68. The van der Waals surface area contributed by atoms with Gasteiger partial charge in [-0.2, -0.15) is 0 Å². The minimum atomic E-state index is -4.76. The molecule has 9 heteroatoms. The maximum Gasteiger partial charge on any atom is 0.573 e. The van der Waals surface area contributed by atoms with Crippen LogP contribution in [0.15, 0.2) is 35.4 Å². The molecule has 1 aromatic carbocycles. The van der Waals surface area contributed by atoms with Crippen LogP contribution >= 0.6 is 11.6 Å². The second-order valence-corrected chi connectivity index (χ2v) is 3.85. The van der Waals surface area contributed by atoms with E-state index in [1.54, 1.807) is 0 Å². The highest BCUT2D eigenvalue weighted by molar-refractivity contribution is 6.31. The predicted molar refractivity (Wildman–Crippen MR) is 63.1 cm³/mol. The summed E-state index contributed by atoms with van der Waals surface area (Å²) in [5, 5.41) is -0.261. The SMILES string of the molecule is O=c1[nH]cnc(Oc2ccc(OC(F)(F)F)cc2)c1Cl. The van der Waals surface area contributed by atoms with E-state index in [4.69, 9.17) is 16.3 Å². The Morgan fingerprint density at radius 2 is 1.75 bits per heavy atom. The van der Waals surface area contributed by atoms with Crippen LogP contribution in [-0.2, 0) is 0 Å². The molecule has 0 aliphatic heterocycles. The third-order valence-electron chi connectivity index (χ3n) is 2.04. The Kier molecular flexibility index (Phi) is 3.84. The molecule has 2 rings (SSSR count). The molecular formula is C11H6ClF3N2O3. The maximum atomic E-state index is 12.0. The number of aromatic nitrogens is 2. The third-order valence-corrected chi connectivity index (χ3v) is 2.37. The molecule has 0 aliphatic rings. The van der Waals surface area contributed by atoms with Crippen molar-refractivity contribution in [2.24, 2.45) is 0 Å². The van der Waals surface area contributed by atoms with E-state index in [-0.39, 0.29) is 16.7 Å². The molecule has 0 bridgehead atoms. The van der Waals surface area contributed by atoms with Gasteiger partial charge in [-0.25, -0.2) is 4.98 Å². The van der Waals surface area contributed by atoms with Gasteiger partial charge in [-0.15, -0.1) is 13.2 Å². The highest BCUT2D eigenvalue weighted by Gasteiger charge is 2.30. The molecular weight excluding hydrogens is 301 g/mol. The Morgan fingerprint density at radius 3 is 2.35 bits per heavy atom. The molecule has 106 valence electrons. The zero-order valence-electron chi connectivity index (χ0n) is 9.57. The first kappa shape index (κ1) is 14.2. The Balaban J connectivity index is 2.15. The van der Waals surface area contributed by atoms with Crippen LogP contribution in [0.25, 0.3) is 0 Å². The van der Waals surface area contributed by atoms with Gasteiger partial charge in [-0.1, -0.05) is 11.6 Å². The highest BCUT2D eigenvalue weighted by Crippen LogP contribution is 2.28. The summed E-state index contributed by atoms with van der Waals surface area (Å²) in [7, 11) is 0.